The van der Waals surface area contributed by atoms with Crippen molar-refractivity contribution in [2.45, 2.75) is 51.1 Å². The van der Waals surface area contributed by atoms with E-state index >= 15 is 0 Å². The van der Waals surface area contributed by atoms with Crippen LogP contribution in [0.1, 0.15) is 43.9 Å². The molecule has 0 unspecified atom stereocenters. The topological polar surface area (TPSA) is 44.4 Å². The Bertz CT molecular complexity index is 464. The van der Waals surface area contributed by atoms with Gasteiger partial charge < -0.3 is 15.5 Å². The minimum absolute atomic E-state index is 0.00769. The van der Waals surface area contributed by atoms with Crippen molar-refractivity contribution in [3.05, 3.63) is 16.3 Å². The van der Waals surface area contributed by atoms with Crippen LogP contribution < -0.4 is 10.6 Å². The number of thiophene rings is 1. The molecule has 0 aromatic carbocycles. The number of likely N-dealkylation sites (N-methyl/N-ethyl adjacent to an activating group) is 1. The Kier molecular flexibility index (Phi) is 5.79. The maximum atomic E-state index is 11.2. The molecule has 1 aliphatic carbocycles. The lowest BCUT2D eigenvalue weighted by Crippen LogP contribution is -2.52. The lowest BCUT2D eigenvalue weighted by atomic mass is 9.80. The highest BCUT2D eigenvalue weighted by Crippen LogP contribution is 2.32. The first kappa shape index (κ1) is 16.5. The highest BCUT2D eigenvalue weighted by Gasteiger charge is 2.33. The van der Waals surface area contributed by atoms with Gasteiger partial charge >= 0.3 is 0 Å². The molecular weight excluding hydrogens is 282 g/mol. The van der Waals surface area contributed by atoms with E-state index < -0.39 is 0 Å². The summed E-state index contributed by atoms with van der Waals surface area (Å²) in [5.74, 6) is -0.00769. The number of hydrogen-bond donors (Lipinski definition) is 2. The van der Waals surface area contributed by atoms with E-state index in [9.17, 15) is 4.79 Å². The third kappa shape index (κ3) is 4.28. The molecule has 118 valence electrons. The van der Waals surface area contributed by atoms with Gasteiger partial charge in [0.2, 0.25) is 5.91 Å². The van der Waals surface area contributed by atoms with Crippen LogP contribution in [0.15, 0.2) is 11.4 Å². The highest BCUT2D eigenvalue weighted by molar-refractivity contribution is 7.10. The molecule has 0 spiro atoms. The summed E-state index contributed by atoms with van der Waals surface area (Å²) in [4.78, 5) is 14.8. The predicted octanol–water partition coefficient (Wildman–Crippen LogP) is 3.06. The SMILES string of the molecule is CC(=O)Nc1ccsc1CNCC1(N(C)C)CCCCC1. The summed E-state index contributed by atoms with van der Waals surface area (Å²) in [5.41, 5.74) is 1.24. The Morgan fingerprint density at radius 2 is 2.05 bits per heavy atom. The number of carbonyl (C=O) groups excluding carboxylic acids is 1. The van der Waals surface area contributed by atoms with E-state index in [1.165, 1.54) is 37.0 Å². The van der Waals surface area contributed by atoms with Gasteiger partial charge in [-0.15, -0.1) is 11.3 Å². The molecule has 2 N–H and O–H groups in total. The minimum Gasteiger partial charge on any atom is -0.325 e. The van der Waals surface area contributed by atoms with Gasteiger partial charge in [-0.2, -0.15) is 0 Å². The van der Waals surface area contributed by atoms with Crippen LogP contribution in [0.4, 0.5) is 5.69 Å². The van der Waals surface area contributed by atoms with Gasteiger partial charge in [0.25, 0.3) is 0 Å². The van der Waals surface area contributed by atoms with Crippen LogP contribution in [-0.2, 0) is 11.3 Å². The molecule has 4 nitrogen and oxygen atoms in total. The fourth-order valence-corrected chi connectivity index (χ4v) is 3.98. The summed E-state index contributed by atoms with van der Waals surface area (Å²) in [7, 11) is 4.39. The van der Waals surface area contributed by atoms with Crippen LogP contribution in [0.2, 0.25) is 0 Å². The van der Waals surface area contributed by atoms with E-state index in [1.807, 2.05) is 11.4 Å². The van der Waals surface area contributed by atoms with Crippen LogP contribution in [0, 0.1) is 0 Å². The number of nitrogens with one attached hydrogen (secondary N) is 2. The zero-order valence-electron chi connectivity index (χ0n) is 13.4. The van der Waals surface area contributed by atoms with Crippen LogP contribution in [-0.4, -0.2) is 37.0 Å². The van der Waals surface area contributed by atoms with E-state index in [0.29, 0.717) is 5.54 Å². The standard InChI is InChI=1S/C16H27N3OS/c1-13(20)18-14-7-10-21-15(14)11-17-12-16(19(2)3)8-5-4-6-9-16/h7,10,17H,4-6,8-9,11-12H2,1-3H3,(H,18,20). The summed E-state index contributed by atoms with van der Waals surface area (Å²) >= 11 is 1.69. The first-order valence-corrected chi connectivity index (χ1v) is 8.63. The molecule has 1 fully saturated rings. The second kappa shape index (κ2) is 7.38. The molecule has 2 rings (SSSR count). The molecule has 0 bridgehead atoms. The summed E-state index contributed by atoms with van der Waals surface area (Å²) in [5, 5.41) is 8.54. The van der Waals surface area contributed by atoms with E-state index in [0.717, 1.165) is 18.8 Å². The third-order valence-electron chi connectivity index (χ3n) is 4.53. The Morgan fingerprint density at radius 3 is 2.67 bits per heavy atom. The second-order valence-corrected chi connectivity index (χ2v) is 7.22. The van der Waals surface area contributed by atoms with Gasteiger partial charge in [-0.25, -0.2) is 0 Å². The average molecular weight is 309 g/mol. The van der Waals surface area contributed by atoms with Gasteiger partial charge in [0.15, 0.2) is 0 Å². The molecular formula is C16H27N3OS. The summed E-state index contributed by atoms with van der Waals surface area (Å²) in [6, 6.07) is 1.98. The molecule has 1 aromatic heterocycles. The molecule has 1 aliphatic rings. The van der Waals surface area contributed by atoms with Gasteiger partial charge in [-0.1, -0.05) is 19.3 Å². The number of nitrogens with zero attached hydrogens (tertiary/aromatic N) is 1. The number of amides is 1. The monoisotopic (exact) mass is 309 g/mol. The van der Waals surface area contributed by atoms with Gasteiger partial charge in [0.05, 0.1) is 5.69 Å². The number of rotatable bonds is 6. The number of carbonyl (C=O) groups is 1. The van der Waals surface area contributed by atoms with Crippen molar-refractivity contribution in [3.8, 4) is 0 Å². The Labute approximate surface area is 131 Å². The first-order chi connectivity index (χ1) is 10.0. The van der Waals surface area contributed by atoms with Crippen LogP contribution in [0.3, 0.4) is 0 Å². The molecule has 0 radical (unpaired) electrons. The summed E-state index contributed by atoms with van der Waals surface area (Å²) in [6.07, 6.45) is 6.57. The zero-order valence-corrected chi connectivity index (χ0v) is 14.2. The summed E-state index contributed by atoms with van der Waals surface area (Å²) in [6.45, 7) is 3.39. The largest absolute Gasteiger partial charge is 0.325 e. The average Bonchev–Trinajstić information content (AvgIpc) is 2.86. The van der Waals surface area contributed by atoms with E-state index in [1.54, 1.807) is 18.3 Å². The zero-order chi connectivity index (χ0) is 15.3. The normalized spacial score (nSPS) is 17.9. The van der Waals surface area contributed by atoms with Crippen molar-refractivity contribution < 1.29 is 4.79 Å². The summed E-state index contributed by atoms with van der Waals surface area (Å²) < 4.78 is 0. The maximum absolute atomic E-state index is 11.2. The number of anilines is 1. The molecule has 5 heteroatoms. The smallest absolute Gasteiger partial charge is 0.221 e. The van der Waals surface area contributed by atoms with Gasteiger partial charge in [0, 0.05) is 30.4 Å². The maximum Gasteiger partial charge on any atom is 0.221 e. The van der Waals surface area contributed by atoms with Crippen molar-refractivity contribution in [1.82, 2.24) is 10.2 Å². The van der Waals surface area contributed by atoms with Gasteiger partial charge in [-0.3, -0.25) is 4.79 Å². The fourth-order valence-electron chi connectivity index (χ4n) is 3.18. The van der Waals surface area contributed by atoms with Crippen molar-refractivity contribution in [2.24, 2.45) is 0 Å². The molecule has 0 saturated heterocycles. The molecule has 21 heavy (non-hydrogen) atoms. The first-order valence-electron chi connectivity index (χ1n) is 7.76. The number of hydrogen-bond acceptors (Lipinski definition) is 4. The molecule has 1 amide bonds. The minimum atomic E-state index is -0.00769. The van der Waals surface area contributed by atoms with Gasteiger partial charge in [-0.05, 0) is 38.4 Å². The van der Waals surface area contributed by atoms with Crippen molar-refractivity contribution in [2.75, 3.05) is 26.0 Å². The van der Waals surface area contributed by atoms with Crippen molar-refractivity contribution in [3.63, 3.8) is 0 Å². The Balaban J connectivity index is 1.90. The van der Waals surface area contributed by atoms with Crippen LogP contribution in [0.5, 0.6) is 0 Å². The fraction of sp³-hybridized carbons (Fsp3) is 0.688. The molecule has 0 aliphatic heterocycles. The lowest BCUT2D eigenvalue weighted by molar-refractivity contribution is -0.114. The molecule has 1 aromatic rings. The lowest BCUT2D eigenvalue weighted by Gasteiger charge is -2.43. The quantitative estimate of drug-likeness (QED) is 0.849. The highest BCUT2D eigenvalue weighted by atomic mass is 32.1. The van der Waals surface area contributed by atoms with Crippen LogP contribution in [0.25, 0.3) is 0 Å². The Morgan fingerprint density at radius 1 is 1.33 bits per heavy atom. The van der Waals surface area contributed by atoms with Crippen molar-refractivity contribution in [1.29, 1.82) is 0 Å². The second-order valence-electron chi connectivity index (χ2n) is 6.22. The predicted molar refractivity (Wildman–Crippen MR) is 89.8 cm³/mol. The van der Waals surface area contributed by atoms with E-state index in [2.05, 4.69) is 29.6 Å². The van der Waals surface area contributed by atoms with E-state index in [4.69, 9.17) is 0 Å². The molecule has 1 heterocycles. The van der Waals surface area contributed by atoms with Crippen molar-refractivity contribution >= 4 is 22.9 Å². The third-order valence-corrected chi connectivity index (χ3v) is 5.45. The Hall–Kier alpha value is -0.910. The molecule has 0 atom stereocenters. The van der Waals surface area contributed by atoms with Crippen LogP contribution >= 0.6 is 11.3 Å². The van der Waals surface area contributed by atoms with Gasteiger partial charge in [0.1, 0.15) is 0 Å². The van der Waals surface area contributed by atoms with E-state index in [-0.39, 0.29) is 5.91 Å². The molecule has 1 saturated carbocycles.